The number of carbonyl (C=O) groups is 1. The number of hydrogen-bond acceptors (Lipinski definition) is 3. The molecule has 0 spiro atoms. The number of amides is 1. The summed E-state index contributed by atoms with van der Waals surface area (Å²) in [4.78, 5) is 11.8. The lowest BCUT2D eigenvalue weighted by atomic mass is 9.82. The van der Waals surface area contributed by atoms with Crippen LogP contribution in [0.3, 0.4) is 0 Å². The summed E-state index contributed by atoms with van der Waals surface area (Å²) in [6, 6.07) is 7.52. The third-order valence-electron chi connectivity index (χ3n) is 6.82. The second-order valence-electron chi connectivity index (χ2n) is 9.59. The molecule has 1 aliphatic rings. The molecule has 4 N–H and O–H groups in total. The smallest absolute Gasteiger partial charge is 0.217 e. The molecule has 2 aromatic rings. The van der Waals surface area contributed by atoms with Gasteiger partial charge in [-0.15, -0.1) is 0 Å². The van der Waals surface area contributed by atoms with Crippen LogP contribution in [0.4, 0.5) is 8.78 Å². The first-order valence-corrected chi connectivity index (χ1v) is 12.7. The number of rotatable bonds is 11. The molecule has 34 heavy (non-hydrogen) atoms. The average Bonchev–Trinajstić information content (AvgIpc) is 2.79. The molecule has 1 aliphatic carbocycles. The Morgan fingerprint density at radius 1 is 1.12 bits per heavy atom. The second-order valence-corrected chi connectivity index (χ2v) is 9.59. The molecule has 6 heteroatoms. The molecule has 0 saturated heterocycles. The van der Waals surface area contributed by atoms with Crippen molar-refractivity contribution in [3.05, 3.63) is 69.8 Å². The Labute approximate surface area is 202 Å². The molecular weight excluding hydrogens is 432 g/mol. The van der Waals surface area contributed by atoms with Crippen LogP contribution in [0.15, 0.2) is 30.3 Å². The van der Waals surface area contributed by atoms with Gasteiger partial charge < -0.3 is 16.4 Å². The van der Waals surface area contributed by atoms with Crippen molar-refractivity contribution in [2.24, 2.45) is 5.73 Å². The Morgan fingerprint density at radius 2 is 1.85 bits per heavy atom. The van der Waals surface area contributed by atoms with Crippen molar-refractivity contribution in [3.8, 4) is 0 Å². The molecule has 3 rings (SSSR count). The maximum absolute atomic E-state index is 13.7. The topological polar surface area (TPSA) is 67.2 Å². The first-order chi connectivity index (χ1) is 16.3. The summed E-state index contributed by atoms with van der Waals surface area (Å²) in [7, 11) is 0. The lowest BCUT2D eigenvalue weighted by Gasteiger charge is -2.32. The fourth-order valence-electron chi connectivity index (χ4n) is 5.06. The van der Waals surface area contributed by atoms with E-state index in [2.05, 4.69) is 36.6 Å². The van der Waals surface area contributed by atoms with Crippen molar-refractivity contribution >= 4 is 5.91 Å². The summed E-state index contributed by atoms with van der Waals surface area (Å²) in [5.41, 5.74) is 12.7. The molecule has 0 radical (unpaired) electrons. The van der Waals surface area contributed by atoms with E-state index in [0.29, 0.717) is 12.1 Å². The molecule has 0 fully saturated rings. The third-order valence-corrected chi connectivity index (χ3v) is 6.82. The highest BCUT2D eigenvalue weighted by atomic mass is 19.1. The number of carbonyl (C=O) groups excluding carboxylic acids is 1. The van der Waals surface area contributed by atoms with E-state index in [0.717, 1.165) is 38.2 Å². The van der Waals surface area contributed by atoms with Crippen molar-refractivity contribution < 1.29 is 13.6 Å². The predicted molar refractivity (Wildman–Crippen MR) is 134 cm³/mol. The second kappa shape index (κ2) is 12.4. The molecule has 0 aromatic heterocycles. The van der Waals surface area contributed by atoms with Crippen LogP contribution in [0.5, 0.6) is 0 Å². The minimum absolute atomic E-state index is 0.214. The number of halogens is 2. The Balaban J connectivity index is 1.74. The van der Waals surface area contributed by atoms with Crippen LogP contribution in [0.25, 0.3) is 0 Å². The monoisotopic (exact) mass is 471 g/mol. The summed E-state index contributed by atoms with van der Waals surface area (Å²) in [6.45, 7) is 6.35. The van der Waals surface area contributed by atoms with Crippen LogP contribution in [-0.2, 0) is 30.5 Å². The van der Waals surface area contributed by atoms with E-state index in [9.17, 15) is 13.6 Å². The highest BCUT2D eigenvalue weighted by molar-refractivity contribution is 5.73. The van der Waals surface area contributed by atoms with Crippen molar-refractivity contribution in [1.82, 2.24) is 10.6 Å². The van der Waals surface area contributed by atoms with E-state index < -0.39 is 23.7 Å². The number of nitrogens with two attached hydrogens (primary N) is 1. The summed E-state index contributed by atoms with van der Waals surface area (Å²) < 4.78 is 27.3. The molecule has 0 saturated carbocycles. The van der Waals surface area contributed by atoms with E-state index in [1.165, 1.54) is 54.2 Å². The van der Waals surface area contributed by atoms with E-state index in [1.54, 1.807) is 0 Å². The van der Waals surface area contributed by atoms with Gasteiger partial charge in [0.25, 0.3) is 0 Å². The van der Waals surface area contributed by atoms with Crippen LogP contribution in [0, 0.1) is 11.6 Å². The van der Waals surface area contributed by atoms with Crippen molar-refractivity contribution in [1.29, 1.82) is 0 Å². The molecule has 4 nitrogen and oxygen atoms in total. The maximum atomic E-state index is 13.7. The maximum Gasteiger partial charge on any atom is 0.217 e. The fraction of sp³-hybridized carbons (Fsp3) is 0.536. The van der Waals surface area contributed by atoms with Crippen LogP contribution in [0.2, 0.25) is 0 Å². The minimum atomic E-state index is -0.632. The molecule has 0 bridgehead atoms. The Kier molecular flexibility index (Phi) is 9.60. The van der Waals surface area contributed by atoms with Crippen LogP contribution >= 0.6 is 0 Å². The lowest BCUT2D eigenvalue weighted by molar-refractivity contribution is -0.119. The Bertz CT molecular complexity index is 958. The van der Waals surface area contributed by atoms with Gasteiger partial charge in [0.2, 0.25) is 5.91 Å². The van der Waals surface area contributed by atoms with Crippen LogP contribution < -0.4 is 16.4 Å². The highest BCUT2D eigenvalue weighted by Gasteiger charge is 2.25. The molecular formula is C28H39F2N3O. The van der Waals surface area contributed by atoms with Crippen LogP contribution in [-0.4, -0.2) is 24.5 Å². The molecule has 1 amide bonds. The normalized spacial score (nSPS) is 17.2. The van der Waals surface area contributed by atoms with Crippen molar-refractivity contribution in [2.75, 3.05) is 6.54 Å². The van der Waals surface area contributed by atoms with Gasteiger partial charge in [0.05, 0.1) is 0 Å². The van der Waals surface area contributed by atoms with Gasteiger partial charge in [0.15, 0.2) is 0 Å². The minimum Gasteiger partial charge on any atom is -0.352 e. The van der Waals surface area contributed by atoms with Gasteiger partial charge in [-0.05, 0) is 84.9 Å². The van der Waals surface area contributed by atoms with Crippen LogP contribution in [0.1, 0.15) is 80.3 Å². The Morgan fingerprint density at radius 3 is 2.50 bits per heavy atom. The molecule has 0 aliphatic heterocycles. The van der Waals surface area contributed by atoms with Gasteiger partial charge in [0, 0.05) is 37.7 Å². The van der Waals surface area contributed by atoms with E-state index in [1.807, 2.05) is 0 Å². The molecule has 186 valence electrons. The first-order valence-electron chi connectivity index (χ1n) is 12.7. The number of hydrogen-bond donors (Lipinski definition) is 3. The van der Waals surface area contributed by atoms with Gasteiger partial charge in [-0.3, -0.25) is 4.79 Å². The zero-order chi connectivity index (χ0) is 24.7. The summed E-state index contributed by atoms with van der Waals surface area (Å²) in [5, 5.41) is 6.53. The van der Waals surface area contributed by atoms with Crippen molar-refractivity contribution in [2.45, 2.75) is 90.3 Å². The zero-order valence-corrected chi connectivity index (χ0v) is 20.7. The van der Waals surface area contributed by atoms with E-state index in [-0.39, 0.29) is 18.4 Å². The van der Waals surface area contributed by atoms with E-state index in [4.69, 9.17) is 5.73 Å². The third kappa shape index (κ3) is 7.09. The molecule has 3 unspecified atom stereocenters. The van der Waals surface area contributed by atoms with Gasteiger partial charge in [-0.1, -0.05) is 32.4 Å². The lowest BCUT2D eigenvalue weighted by Crippen LogP contribution is -2.53. The summed E-state index contributed by atoms with van der Waals surface area (Å²) in [5.74, 6) is -1.48. The molecule has 0 heterocycles. The van der Waals surface area contributed by atoms with Gasteiger partial charge in [-0.2, -0.15) is 0 Å². The van der Waals surface area contributed by atoms with Crippen molar-refractivity contribution in [3.63, 3.8) is 0 Å². The number of nitrogens with one attached hydrogen (secondary N) is 2. The standard InChI is InChI=1S/C28H39F2N3O/c1-4-6-8-21-11-19(5-2)14-25-24(21)9-7-10-27(25)32-17-26(31)28(33-18(3)34)15-20-12-22(29)16-23(30)13-20/h11-14,16,26-28,32H,4-10,15,17,31H2,1-3H3,(H,33,34). The first kappa shape index (κ1) is 26.3. The Hall–Kier alpha value is -2.31. The highest BCUT2D eigenvalue weighted by Crippen LogP contribution is 2.34. The summed E-state index contributed by atoms with van der Waals surface area (Å²) >= 11 is 0. The van der Waals surface area contributed by atoms with E-state index >= 15 is 0 Å². The summed E-state index contributed by atoms with van der Waals surface area (Å²) in [6.07, 6.45) is 8.05. The fourth-order valence-corrected chi connectivity index (χ4v) is 5.06. The number of unbranched alkanes of at least 4 members (excludes halogenated alkanes) is 1. The quantitative estimate of drug-likeness (QED) is 0.436. The number of benzene rings is 2. The zero-order valence-electron chi connectivity index (χ0n) is 20.7. The predicted octanol–water partition coefficient (Wildman–Crippen LogP) is 4.91. The average molecular weight is 472 g/mol. The molecule has 2 aromatic carbocycles. The number of aryl methyl sites for hydroxylation is 2. The largest absolute Gasteiger partial charge is 0.352 e. The van der Waals surface area contributed by atoms with Gasteiger partial charge in [-0.25, -0.2) is 8.78 Å². The van der Waals surface area contributed by atoms with Gasteiger partial charge in [0.1, 0.15) is 11.6 Å². The van der Waals surface area contributed by atoms with Gasteiger partial charge >= 0.3 is 0 Å². The number of fused-ring (bicyclic) bond motifs is 1. The molecule has 3 atom stereocenters. The SMILES string of the molecule is CCCCc1cc(CC)cc2c1CCCC2NCC(N)C(Cc1cc(F)cc(F)c1)NC(C)=O.